The van der Waals surface area contributed by atoms with Gasteiger partial charge < -0.3 is 5.32 Å². The van der Waals surface area contributed by atoms with Gasteiger partial charge in [0.25, 0.3) is 0 Å². The van der Waals surface area contributed by atoms with Gasteiger partial charge in [0.1, 0.15) is 0 Å². The van der Waals surface area contributed by atoms with E-state index in [1.54, 1.807) is 0 Å². The van der Waals surface area contributed by atoms with Crippen LogP contribution in [-0.2, 0) is 0 Å². The fourth-order valence-corrected chi connectivity index (χ4v) is 12.9. The van der Waals surface area contributed by atoms with Crippen LogP contribution in [0.4, 0.5) is 0 Å². The SMILES string of the molecule is CC1CCC2(C)C(CCC3(C)C2CC2NC24C3CCC2(C)C4CC(C)(C)CC2(C)C)C1(C)C. The minimum absolute atomic E-state index is 0.443. The van der Waals surface area contributed by atoms with Crippen molar-refractivity contribution in [3.63, 3.8) is 0 Å². The summed E-state index contributed by atoms with van der Waals surface area (Å²) in [6, 6.07) is 0.799. The van der Waals surface area contributed by atoms with Gasteiger partial charge >= 0.3 is 0 Å². The van der Waals surface area contributed by atoms with Crippen molar-refractivity contribution in [2.75, 3.05) is 0 Å². The van der Waals surface area contributed by atoms with E-state index in [4.69, 9.17) is 0 Å². The Bertz CT molecular complexity index is 853. The third-order valence-electron chi connectivity index (χ3n) is 14.9. The van der Waals surface area contributed by atoms with E-state index in [-0.39, 0.29) is 0 Å². The lowest BCUT2D eigenvalue weighted by atomic mass is 9.33. The van der Waals surface area contributed by atoms with Gasteiger partial charge in [0.15, 0.2) is 0 Å². The number of hydrogen-bond acceptors (Lipinski definition) is 1. The zero-order valence-electron chi connectivity index (χ0n) is 23.8. The predicted octanol–water partition coefficient (Wildman–Crippen LogP) is 8.47. The van der Waals surface area contributed by atoms with E-state index in [9.17, 15) is 0 Å². The maximum atomic E-state index is 4.37. The van der Waals surface area contributed by atoms with Crippen LogP contribution in [0, 0.1) is 62.1 Å². The summed E-state index contributed by atoms with van der Waals surface area (Å²) in [6.07, 6.45) is 13.2. The quantitative estimate of drug-likeness (QED) is 0.365. The molecule has 6 fully saturated rings. The molecule has 1 spiro atoms. The van der Waals surface area contributed by atoms with Gasteiger partial charge in [0, 0.05) is 11.6 Å². The molecule has 6 aliphatic rings. The summed E-state index contributed by atoms with van der Waals surface area (Å²) in [4.78, 5) is 0. The highest BCUT2D eigenvalue weighted by Crippen LogP contribution is 2.78. The van der Waals surface area contributed by atoms with Gasteiger partial charge in [-0.2, -0.15) is 0 Å². The molecule has 33 heavy (non-hydrogen) atoms. The Labute approximate surface area is 206 Å². The van der Waals surface area contributed by atoms with E-state index in [1.165, 1.54) is 57.8 Å². The molecule has 1 nitrogen and oxygen atoms in total. The largest absolute Gasteiger partial charge is 0.305 e. The molecule has 0 amide bonds. The maximum absolute atomic E-state index is 4.37. The van der Waals surface area contributed by atoms with Crippen molar-refractivity contribution in [1.29, 1.82) is 0 Å². The normalized spacial score (nSPS) is 59.8. The molecule has 10 atom stereocenters. The molecule has 0 radical (unpaired) electrons. The van der Waals surface area contributed by atoms with Crippen LogP contribution in [0.3, 0.4) is 0 Å². The van der Waals surface area contributed by atoms with E-state index < -0.39 is 0 Å². The van der Waals surface area contributed by atoms with Crippen molar-refractivity contribution in [2.45, 2.75) is 139 Å². The number of rotatable bonds is 0. The van der Waals surface area contributed by atoms with Crippen LogP contribution < -0.4 is 5.32 Å². The second-order valence-corrected chi connectivity index (χ2v) is 17.3. The molecule has 10 unspecified atom stereocenters. The van der Waals surface area contributed by atoms with E-state index in [0.717, 1.165) is 35.6 Å². The fourth-order valence-electron chi connectivity index (χ4n) is 12.9. The van der Waals surface area contributed by atoms with Gasteiger partial charge in [0.05, 0.1) is 0 Å². The maximum Gasteiger partial charge on any atom is 0.0406 e. The summed E-state index contributed by atoms with van der Waals surface area (Å²) in [6.45, 7) is 26.5. The molecule has 6 rings (SSSR count). The molecule has 188 valence electrons. The number of nitrogens with one attached hydrogen (secondary N) is 1. The van der Waals surface area contributed by atoms with Crippen LogP contribution >= 0.6 is 0 Å². The highest BCUT2D eigenvalue weighted by Gasteiger charge is 2.79. The lowest BCUT2D eigenvalue weighted by molar-refractivity contribution is -0.210. The lowest BCUT2D eigenvalue weighted by Gasteiger charge is -2.71. The summed E-state index contributed by atoms with van der Waals surface area (Å²) in [5.74, 6) is 4.47. The molecule has 1 aliphatic heterocycles. The lowest BCUT2D eigenvalue weighted by Crippen LogP contribution is -2.68. The van der Waals surface area contributed by atoms with Gasteiger partial charge in [-0.15, -0.1) is 0 Å². The summed E-state index contributed by atoms with van der Waals surface area (Å²) in [7, 11) is 0. The summed E-state index contributed by atoms with van der Waals surface area (Å²) in [5, 5.41) is 4.37. The van der Waals surface area contributed by atoms with Crippen LogP contribution in [-0.4, -0.2) is 11.6 Å². The van der Waals surface area contributed by atoms with Crippen molar-refractivity contribution in [1.82, 2.24) is 5.32 Å². The molecule has 1 saturated heterocycles. The highest BCUT2D eigenvalue weighted by atomic mass is 15.3. The first kappa shape index (κ1) is 23.4. The minimum atomic E-state index is 0.443. The monoisotopic (exact) mass is 453 g/mol. The van der Waals surface area contributed by atoms with Gasteiger partial charge in [0.2, 0.25) is 0 Å². The molecule has 5 aliphatic carbocycles. The Balaban J connectivity index is 1.40. The zero-order valence-corrected chi connectivity index (χ0v) is 23.8. The first-order valence-corrected chi connectivity index (χ1v) is 14.8. The van der Waals surface area contributed by atoms with E-state index >= 15 is 0 Å². The average molecular weight is 454 g/mol. The van der Waals surface area contributed by atoms with Crippen LogP contribution in [0.2, 0.25) is 0 Å². The van der Waals surface area contributed by atoms with Gasteiger partial charge in [-0.25, -0.2) is 0 Å². The van der Waals surface area contributed by atoms with Crippen molar-refractivity contribution in [3.8, 4) is 0 Å². The molecule has 1 heteroatoms. The van der Waals surface area contributed by atoms with Crippen LogP contribution in [0.15, 0.2) is 0 Å². The highest BCUT2D eigenvalue weighted by molar-refractivity contribution is 5.34. The smallest absolute Gasteiger partial charge is 0.0406 e. The summed E-state index contributed by atoms with van der Waals surface area (Å²) < 4.78 is 0. The van der Waals surface area contributed by atoms with Gasteiger partial charge in [-0.3, -0.25) is 0 Å². The van der Waals surface area contributed by atoms with Crippen molar-refractivity contribution in [3.05, 3.63) is 0 Å². The topological polar surface area (TPSA) is 21.9 Å². The van der Waals surface area contributed by atoms with Crippen molar-refractivity contribution in [2.24, 2.45) is 62.1 Å². The Morgan fingerprint density at radius 3 is 1.97 bits per heavy atom. The zero-order chi connectivity index (χ0) is 24.0. The number of fused-ring (bicyclic) bond motifs is 5. The first-order valence-electron chi connectivity index (χ1n) is 14.8. The minimum Gasteiger partial charge on any atom is -0.305 e. The molecule has 1 N–H and O–H groups in total. The standard InChI is InChI=1S/C32H55N/c1-20-11-14-29(8)21(28(20,6)7)12-15-30(9)22-13-16-31(10)24(18-26(2,3)19-27(31,4)5)32(22)25(33-32)17-23(29)30/h20-25,33H,11-19H2,1-10H3. The molecule has 0 aromatic rings. The Morgan fingerprint density at radius 1 is 0.667 bits per heavy atom. The Hall–Kier alpha value is -0.0400. The molecular weight excluding hydrogens is 398 g/mol. The number of hydrogen-bond donors (Lipinski definition) is 1. The third-order valence-corrected chi connectivity index (χ3v) is 14.9. The summed E-state index contributed by atoms with van der Waals surface area (Å²) in [5.41, 5.74) is 3.45. The molecule has 0 aromatic carbocycles. The van der Waals surface area contributed by atoms with Crippen LogP contribution in [0.1, 0.15) is 127 Å². The predicted molar refractivity (Wildman–Crippen MR) is 140 cm³/mol. The molecular formula is C32H55N. The Kier molecular flexibility index (Phi) is 4.43. The second kappa shape index (κ2) is 6.26. The molecule has 0 bridgehead atoms. The van der Waals surface area contributed by atoms with Crippen molar-refractivity contribution < 1.29 is 0 Å². The summed E-state index contributed by atoms with van der Waals surface area (Å²) >= 11 is 0. The van der Waals surface area contributed by atoms with Gasteiger partial charge in [-0.05, 0) is 120 Å². The van der Waals surface area contributed by atoms with Crippen LogP contribution in [0.25, 0.3) is 0 Å². The Morgan fingerprint density at radius 2 is 1.27 bits per heavy atom. The average Bonchev–Trinajstić information content (AvgIpc) is 3.39. The van der Waals surface area contributed by atoms with Crippen molar-refractivity contribution >= 4 is 0 Å². The third kappa shape index (κ3) is 2.60. The fraction of sp³-hybridized carbons (Fsp3) is 1.00. The van der Waals surface area contributed by atoms with E-state index in [2.05, 4.69) is 74.6 Å². The van der Waals surface area contributed by atoms with E-state index in [0.29, 0.717) is 38.0 Å². The van der Waals surface area contributed by atoms with E-state index in [1.807, 2.05) is 0 Å². The molecule has 1 heterocycles. The first-order chi connectivity index (χ1) is 15.0. The molecule has 0 aromatic heterocycles. The van der Waals surface area contributed by atoms with Gasteiger partial charge in [-0.1, -0.05) is 69.2 Å². The molecule has 5 saturated carbocycles. The van der Waals surface area contributed by atoms with Crippen LogP contribution in [0.5, 0.6) is 0 Å². The second-order valence-electron chi connectivity index (χ2n) is 17.3.